The van der Waals surface area contributed by atoms with Crippen LogP contribution in [0.4, 0.5) is 4.79 Å². The van der Waals surface area contributed by atoms with E-state index in [0.717, 1.165) is 25.9 Å². The zero-order valence-electron chi connectivity index (χ0n) is 14.1. The molecule has 1 aliphatic heterocycles. The van der Waals surface area contributed by atoms with Gasteiger partial charge < -0.3 is 15.5 Å². The number of nitrogens with one attached hydrogen (secondary N) is 2. The average Bonchev–Trinajstić information content (AvgIpc) is 2.52. The van der Waals surface area contributed by atoms with Gasteiger partial charge in [-0.05, 0) is 51.7 Å². The summed E-state index contributed by atoms with van der Waals surface area (Å²) in [4.78, 5) is 29.9. The predicted octanol–water partition coefficient (Wildman–Crippen LogP) is 2.03. The zero-order chi connectivity index (χ0) is 16.9. The van der Waals surface area contributed by atoms with E-state index in [-0.39, 0.29) is 17.5 Å². The summed E-state index contributed by atoms with van der Waals surface area (Å²) < 4.78 is 0. The van der Waals surface area contributed by atoms with Gasteiger partial charge in [0.25, 0.3) is 5.91 Å². The number of amides is 3. The quantitative estimate of drug-likeness (QED) is 0.895. The molecule has 3 amide bonds. The van der Waals surface area contributed by atoms with E-state index in [9.17, 15) is 9.59 Å². The van der Waals surface area contributed by atoms with Gasteiger partial charge >= 0.3 is 6.03 Å². The summed E-state index contributed by atoms with van der Waals surface area (Å²) in [6, 6.07) is 3.35. The van der Waals surface area contributed by atoms with E-state index >= 15 is 0 Å². The third-order valence-electron chi connectivity index (χ3n) is 3.87. The van der Waals surface area contributed by atoms with Gasteiger partial charge in [-0.2, -0.15) is 0 Å². The number of rotatable bonds is 3. The van der Waals surface area contributed by atoms with Crippen LogP contribution < -0.4 is 10.6 Å². The standard InChI is InChI=1S/C17H26N4O2/c1-17(2,3)20-16(23)19-12-13-6-10-21(11-7-13)15(22)14-4-8-18-9-5-14/h4-5,8-9,13H,6-7,10-12H2,1-3H3,(H2,19,20,23). The van der Waals surface area contributed by atoms with Crippen LogP contribution in [0, 0.1) is 5.92 Å². The Hall–Kier alpha value is -2.11. The number of likely N-dealkylation sites (tertiary alicyclic amines) is 1. The molecule has 1 aromatic heterocycles. The van der Waals surface area contributed by atoms with E-state index in [0.29, 0.717) is 18.0 Å². The summed E-state index contributed by atoms with van der Waals surface area (Å²) in [5.41, 5.74) is 0.450. The largest absolute Gasteiger partial charge is 0.339 e. The molecule has 6 nitrogen and oxygen atoms in total. The monoisotopic (exact) mass is 318 g/mol. The predicted molar refractivity (Wildman–Crippen MR) is 89.2 cm³/mol. The number of carbonyl (C=O) groups excluding carboxylic acids is 2. The number of urea groups is 1. The minimum absolute atomic E-state index is 0.0595. The second kappa shape index (κ2) is 7.44. The molecule has 1 aliphatic rings. The highest BCUT2D eigenvalue weighted by atomic mass is 16.2. The SMILES string of the molecule is CC(C)(C)NC(=O)NCC1CCN(C(=O)c2ccncc2)CC1. The average molecular weight is 318 g/mol. The van der Waals surface area contributed by atoms with E-state index < -0.39 is 0 Å². The van der Waals surface area contributed by atoms with Crippen LogP contribution in [0.2, 0.25) is 0 Å². The van der Waals surface area contributed by atoms with Gasteiger partial charge in [-0.3, -0.25) is 9.78 Å². The molecule has 0 aromatic carbocycles. The number of carbonyl (C=O) groups is 2. The highest BCUT2D eigenvalue weighted by molar-refractivity contribution is 5.94. The van der Waals surface area contributed by atoms with Crippen molar-refractivity contribution in [1.82, 2.24) is 20.5 Å². The van der Waals surface area contributed by atoms with Crippen molar-refractivity contribution in [2.45, 2.75) is 39.2 Å². The molecule has 1 fully saturated rings. The maximum Gasteiger partial charge on any atom is 0.315 e. The summed E-state index contributed by atoms with van der Waals surface area (Å²) in [6.07, 6.45) is 5.09. The molecule has 126 valence electrons. The van der Waals surface area contributed by atoms with Gasteiger partial charge in [-0.1, -0.05) is 0 Å². The van der Waals surface area contributed by atoms with Crippen molar-refractivity contribution in [3.05, 3.63) is 30.1 Å². The zero-order valence-corrected chi connectivity index (χ0v) is 14.1. The van der Waals surface area contributed by atoms with E-state index in [1.807, 2.05) is 25.7 Å². The first-order chi connectivity index (χ1) is 10.8. The molecule has 1 saturated heterocycles. The van der Waals surface area contributed by atoms with E-state index in [1.54, 1.807) is 24.5 Å². The highest BCUT2D eigenvalue weighted by Crippen LogP contribution is 2.18. The Labute approximate surface area is 137 Å². The van der Waals surface area contributed by atoms with Gasteiger partial charge in [0.05, 0.1) is 0 Å². The Morgan fingerprint density at radius 3 is 2.39 bits per heavy atom. The third kappa shape index (κ3) is 5.54. The smallest absolute Gasteiger partial charge is 0.315 e. The minimum Gasteiger partial charge on any atom is -0.339 e. The van der Waals surface area contributed by atoms with Crippen LogP contribution in [0.25, 0.3) is 0 Å². The minimum atomic E-state index is -0.232. The Balaban J connectivity index is 1.74. The van der Waals surface area contributed by atoms with Crippen molar-refractivity contribution in [3.63, 3.8) is 0 Å². The van der Waals surface area contributed by atoms with E-state index in [4.69, 9.17) is 0 Å². The maximum absolute atomic E-state index is 12.3. The molecule has 0 saturated carbocycles. The molecule has 6 heteroatoms. The second-order valence-electron chi connectivity index (χ2n) is 7.06. The summed E-state index contributed by atoms with van der Waals surface area (Å²) in [6.45, 7) is 7.98. The number of aromatic nitrogens is 1. The molecule has 0 atom stereocenters. The molecule has 2 rings (SSSR count). The second-order valence-corrected chi connectivity index (χ2v) is 7.06. The Morgan fingerprint density at radius 2 is 1.83 bits per heavy atom. The maximum atomic E-state index is 12.3. The summed E-state index contributed by atoms with van der Waals surface area (Å²) in [7, 11) is 0. The van der Waals surface area contributed by atoms with Gasteiger partial charge in [0.2, 0.25) is 0 Å². The number of hydrogen-bond acceptors (Lipinski definition) is 3. The molecule has 0 bridgehead atoms. The van der Waals surface area contributed by atoms with Gasteiger partial charge in [-0.25, -0.2) is 4.79 Å². The lowest BCUT2D eigenvalue weighted by molar-refractivity contribution is 0.0690. The van der Waals surface area contributed by atoms with E-state index in [1.165, 1.54) is 0 Å². The van der Waals surface area contributed by atoms with Gasteiger partial charge in [0.1, 0.15) is 0 Å². The van der Waals surface area contributed by atoms with Crippen molar-refractivity contribution in [1.29, 1.82) is 0 Å². The molecule has 2 N–H and O–H groups in total. The van der Waals surface area contributed by atoms with Crippen molar-refractivity contribution in [2.75, 3.05) is 19.6 Å². The van der Waals surface area contributed by atoms with Crippen LogP contribution in [-0.4, -0.2) is 47.0 Å². The normalized spacial score (nSPS) is 16.0. The molecular weight excluding hydrogens is 292 g/mol. The first kappa shape index (κ1) is 17.2. The summed E-state index contributed by atoms with van der Waals surface area (Å²) in [5.74, 6) is 0.478. The molecule has 0 aliphatic carbocycles. The molecule has 23 heavy (non-hydrogen) atoms. The van der Waals surface area contributed by atoms with Gasteiger partial charge in [-0.15, -0.1) is 0 Å². The first-order valence-corrected chi connectivity index (χ1v) is 8.10. The molecule has 2 heterocycles. The van der Waals surface area contributed by atoms with Crippen LogP contribution in [0.5, 0.6) is 0 Å². The lowest BCUT2D eigenvalue weighted by Gasteiger charge is -2.32. The first-order valence-electron chi connectivity index (χ1n) is 8.10. The summed E-state index contributed by atoms with van der Waals surface area (Å²) in [5, 5.41) is 5.81. The Morgan fingerprint density at radius 1 is 1.22 bits per heavy atom. The van der Waals surface area contributed by atoms with Crippen molar-refractivity contribution in [3.8, 4) is 0 Å². The van der Waals surface area contributed by atoms with Gasteiger partial charge in [0.15, 0.2) is 0 Å². The number of pyridine rings is 1. The van der Waals surface area contributed by atoms with Crippen molar-refractivity contribution < 1.29 is 9.59 Å². The van der Waals surface area contributed by atoms with Gasteiger partial charge in [0, 0.05) is 43.1 Å². The fraction of sp³-hybridized carbons (Fsp3) is 0.588. The Bertz CT molecular complexity index is 531. The van der Waals surface area contributed by atoms with Crippen molar-refractivity contribution in [2.24, 2.45) is 5.92 Å². The molecular formula is C17H26N4O2. The van der Waals surface area contributed by atoms with Crippen LogP contribution in [0.1, 0.15) is 44.0 Å². The molecule has 1 aromatic rings. The molecule has 0 radical (unpaired) electrons. The van der Waals surface area contributed by atoms with E-state index in [2.05, 4.69) is 15.6 Å². The molecule has 0 spiro atoms. The van der Waals surface area contributed by atoms with Crippen LogP contribution in [0.3, 0.4) is 0 Å². The van der Waals surface area contributed by atoms with Crippen molar-refractivity contribution >= 4 is 11.9 Å². The fourth-order valence-electron chi connectivity index (χ4n) is 2.64. The Kier molecular flexibility index (Phi) is 5.58. The topological polar surface area (TPSA) is 74.3 Å². The van der Waals surface area contributed by atoms with Crippen LogP contribution >= 0.6 is 0 Å². The highest BCUT2D eigenvalue weighted by Gasteiger charge is 2.24. The van der Waals surface area contributed by atoms with Crippen LogP contribution in [-0.2, 0) is 0 Å². The summed E-state index contributed by atoms with van der Waals surface area (Å²) >= 11 is 0. The number of hydrogen-bond donors (Lipinski definition) is 2. The number of nitrogens with zero attached hydrogens (tertiary/aromatic N) is 2. The fourth-order valence-corrected chi connectivity index (χ4v) is 2.64. The lowest BCUT2D eigenvalue weighted by atomic mass is 9.96. The van der Waals surface area contributed by atoms with Crippen LogP contribution in [0.15, 0.2) is 24.5 Å². The number of piperidine rings is 1. The third-order valence-corrected chi connectivity index (χ3v) is 3.87. The molecule has 0 unspecified atom stereocenters. The lowest BCUT2D eigenvalue weighted by Crippen LogP contribution is -2.48.